The fourth-order valence-electron chi connectivity index (χ4n) is 1.55. The maximum absolute atomic E-state index is 11.7. The summed E-state index contributed by atoms with van der Waals surface area (Å²) in [7, 11) is -1.58. The van der Waals surface area contributed by atoms with Crippen molar-refractivity contribution < 1.29 is 8.42 Å². The highest BCUT2D eigenvalue weighted by Gasteiger charge is 2.31. The molecule has 0 bridgehead atoms. The Bertz CT molecular complexity index is 458. The van der Waals surface area contributed by atoms with Gasteiger partial charge in [0.2, 0.25) is 0 Å². The van der Waals surface area contributed by atoms with Gasteiger partial charge in [0.05, 0.1) is 11.4 Å². The van der Waals surface area contributed by atoms with E-state index in [1.165, 1.54) is 4.31 Å². The molecule has 1 aromatic carbocycles. The van der Waals surface area contributed by atoms with Crippen molar-refractivity contribution in [3.05, 3.63) is 24.3 Å². The normalized spacial score (nSPS) is 17.3. The monoisotopic (exact) mass is 227 g/mol. The molecule has 0 fully saturated rings. The Hall–Kier alpha value is -1.27. The molecule has 82 valence electrons. The van der Waals surface area contributed by atoms with E-state index < -0.39 is 10.2 Å². The van der Waals surface area contributed by atoms with Gasteiger partial charge in [-0.3, -0.25) is 9.03 Å². The lowest BCUT2D eigenvalue weighted by atomic mass is 10.3. The van der Waals surface area contributed by atoms with Crippen LogP contribution in [0.2, 0.25) is 0 Å². The summed E-state index contributed by atoms with van der Waals surface area (Å²) >= 11 is 0. The summed E-state index contributed by atoms with van der Waals surface area (Å²) in [6.45, 7) is 1.05. The molecule has 6 heteroatoms. The van der Waals surface area contributed by atoms with E-state index >= 15 is 0 Å². The van der Waals surface area contributed by atoms with E-state index in [-0.39, 0.29) is 0 Å². The largest absolute Gasteiger partial charge is 0.324 e. The van der Waals surface area contributed by atoms with Crippen molar-refractivity contribution in [2.24, 2.45) is 0 Å². The predicted octanol–water partition coefficient (Wildman–Crippen LogP) is 0.383. The van der Waals surface area contributed by atoms with E-state index in [0.717, 1.165) is 0 Å². The van der Waals surface area contributed by atoms with Crippen LogP contribution in [0, 0.1) is 0 Å². The third-order valence-electron chi connectivity index (χ3n) is 2.27. The lowest BCUT2D eigenvalue weighted by Crippen LogP contribution is -2.35. The molecular formula is C9H13N3O2S. The first-order valence-corrected chi connectivity index (χ1v) is 6.13. The number of benzene rings is 1. The van der Waals surface area contributed by atoms with E-state index in [2.05, 4.69) is 10.0 Å². The Morgan fingerprint density at radius 2 is 2.13 bits per heavy atom. The average molecular weight is 227 g/mol. The fraction of sp³-hybridized carbons (Fsp3) is 0.333. The molecule has 1 aromatic rings. The van der Waals surface area contributed by atoms with Crippen LogP contribution in [-0.2, 0) is 10.2 Å². The summed E-state index contributed by atoms with van der Waals surface area (Å²) in [5, 5.41) is 2.93. The molecule has 0 aromatic heterocycles. The summed E-state index contributed by atoms with van der Waals surface area (Å²) in [5.74, 6) is 0. The van der Waals surface area contributed by atoms with Gasteiger partial charge in [-0.1, -0.05) is 12.1 Å². The lowest BCUT2D eigenvalue weighted by molar-refractivity contribution is 0.597. The van der Waals surface area contributed by atoms with Gasteiger partial charge in [0.25, 0.3) is 0 Å². The number of para-hydroxylation sites is 2. The van der Waals surface area contributed by atoms with Gasteiger partial charge < -0.3 is 5.32 Å². The van der Waals surface area contributed by atoms with Crippen LogP contribution in [0.1, 0.15) is 0 Å². The van der Waals surface area contributed by atoms with E-state index in [4.69, 9.17) is 0 Å². The Morgan fingerprint density at radius 1 is 1.40 bits per heavy atom. The maximum Gasteiger partial charge on any atom is 0.324 e. The Balaban J connectivity index is 2.35. The molecule has 0 amide bonds. The zero-order valence-electron chi connectivity index (χ0n) is 8.40. The molecule has 0 saturated heterocycles. The summed E-state index contributed by atoms with van der Waals surface area (Å²) in [4.78, 5) is 0. The number of fused-ring (bicyclic) bond motifs is 1. The second-order valence-electron chi connectivity index (χ2n) is 3.30. The standard InChI is InChI=1S/C9H13N3O2S/c1-10-6-7-12-9-5-3-2-4-8(9)11-15(12,13)14/h2-5,10-11H,6-7H2,1H3. The van der Waals surface area contributed by atoms with Gasteiger partial charge in [-0.15, -0.1) is 0 Å². The van der Waals surface area contributed by atoms with Crippen LogP contribution in [0.15, 0.2) is 24.3 Å². The highest BCUT2D eigenvalue weighted by atomic mass is 32.2. The van der Waals surface area contributed by atoms with Crippen LogP contribution in [0.25, 0.3) is 0 Å². The van der Waals surface area contributed by atoms with Crippen molar-refractivity contribution in [1.29, 1.82) is 0 Å². The first-order valence-electron chi connectivity index (χ1n) is 4.69. The van der Waals surface area contributed by atoms with Gasteiger partial charge in [-0.2, -0.15) is 8.42 Å². The van der Waals surface area contributed by atoms with Gasteiger partial charge in [-0.25, -0.2) is 0 Å². The summed E-state index contributed by atoms with van der Waals surface area (Å²) in [6, 6.07) is 7.19. The molecule has 0 unspecified atom stereocenters. The SMILES string of the molecule is CNCCN1c2ccccc2NS1(=O)=O. The number of nitrogens with one attached hydrogen (secondary N) is 2. The predicted molar refractivity (Wildman–Crippen MR) is 60.3 cm³/mol. The minimum Gasteiger partial charge on any atom is -0.318 e. The van der Waals surface area contributed by atoms with Crippen molar-refractivity contribution in [2.45, 2.75) is 0 Å². The smallest absolute Gasteiger partial charge is 0.318 e. The highest BCUT2D eigenvalue weighted by molar-refractivity contribution is 7.94. The Kier molecular flexibility index (Phi) is 2.54. The molecule has 2 rings (SSSR count). The Morgan fingerprint density at radius 3 is 2.87 bits per heavy atom. The van der Waals surface area contributed by atoms with Crippen LogP contribution in [0.5, 0.6) is 0 Å². The fourth-order valence-corrected chi connectivity index (χ4v) is 2.87. The van der Waals surface area contributed by atoms with Crippen LogP contribution in [0.3, 0.4) is 0 Å². The molecule has 1 heterocycles. The molecule has 0 saturated carbocycles. The summed E-state index contributed by atoms with van der Waals surface area (Å²) in [6.07, 6.45) is 0. The van der Waals surface area contributed by atoms with Gasteiger partial charge >= 0.3 is 10.2 Å². The average Bonchev–Trinajstić information content (AvgIpc) is 2.45. The molecule has 1 aliphatic heterocycles. The third-order valence-corrected chi connectivity index (χ3v) is 3.70. The topological polar surface area (TPSA) is 61.4 Å². The molecule has 1 aliphatic rings. The van der Waals surface area contributed by atoms with E-state index in [0.29, 0.717) is 24.5 Å². The highest BCUT2D eigenvalue weighted by Crippen LogP contribution is 2.34. The lowest BCUT2D eigenvalue weighted by Gasteiger charge is -2.16. The van der Waals surface area contributed by atoms with Crippen molar-refractivity contribution >= 4 is 21.6 Å². The number of nitrogens with zero attached hydrogens (tertiary/aromatic N) is 1. The number of hydrogen-bond acceptors (Lipinski definition) is 3. The van der Waals surface area contributed by atoms with E-state index in [9.17, 15) is 8.42 Å². The molecule has 0 radical (unpaired) electrons. The number of hydrogen-bond donors (Lipinski definition) is 2. The van der Waals surface area contributed by atoms with Crippen LogP contribution in [0.4, 0.5) is 11.4 Å². The second kappa shape index (κ2) is 3.71. The van der Waals surface area contributed by atoms with Gasteiger partial charge in [0.1, 0.15) is 0 Å². The first kappa shape index (κ1) is 10.3. The Labute approximate surface area is 89.3 Å². The molecular weight excluding hydrogens is 214 g/mol. The minimum absolute atomic E-state index is 0.433. The summed E-state index contributed by atoms with van der Waals surface area (Å²) in [5.41, 5.74) is 1.36. The molecule has 2 N–H and O–H groups in total. The zero-order chi connectivity index (χ0) is 10.9. The minimum atomic E-state index is -3.38. The van der Waals surface area contributed by atoms with Gasteiger partial charge in [-0.05, 0) is 19.2 Å². The molecule has 0 atom stereocenters. The van der Waals surface area contributed by atoms with Crippen molar-refractivity contribution in [3.8, 4) is 0 Å². The van der Waals surface area contributed by atoms with Gasteiger partial charge in [0.15, 0.2) is 0 Å². The van der Waals surface area contributed by atoms with E-state index in [1.807, 2.05) is 12.1 Å². The quantitative estimate of drug-likeness (QED) is 0.785. The van der Waals surface area contributed by atoms with Crippen LogP contribution >= 0.6 is 0 Å². The molecule has 5 nitrogen and oxygen atoms in total. The molecule has 0 aliphatic carbocycles. The van der Waals surface area contributed by atoms with Crippen molar-refractivity contribution in [3.63, 3.8) is 0 Å². The number of likely N-dealkylation sites (N-methyl/N-ethyl adjacent to an activating group) is 1. The third kappa shape index (κ3) is 1.78. The van der Waals surface area contributed by atoms with Crippen LogP contribution < -0.4 is 14.3 Å². The summed E-state index contributed by atoms with van der Waals surface area (Å²) < 4.78 is 27.3. The second-order valence-corrected chi connectivity index (χ2v) is 4.89. The maximum atomic E-state index is 11.7. The molecule has 15 heavy (non-hydrogen) atoms. The number of anilines is 2. The van der Waals surface area contributed by atoms with Crippen molar-refractivity contribution in [2.75, 3.05) is 29.2 Å². The van der Waals surface area contributed by atoms with Crippen LogP contribution in [-0.4, -0.2) is 28.6 Å². The molecule has 0 spiro atoms. The zero-order valence-corrected chi connectivity index (χ0v) is 9.21. The first-order chi connectivity index (χ1) is 7.15. The number of rotatable bonds is 3. The van der Waals surface area contributed by atoms with Gasteiger partial charge in [0, 0.05) is 13.1 Å². The van der Waals surface area contributed by atoms with E-state index in [1.54, 1.807) is 19.2 Å². The van der Waals surface area contributed by atoms with Crippen molar-refractivity contribution in [1.82, 2.24) is 5.32 Å².